The average Bonchev–Trinajstić information content (AvgIpc) is 2.66. The van der Waals surface area contributed by atoms with Crippen LogP contribution in [0.25, 0.3) is 0 Å². The van der Waals surface area contributed by atoms with Crippen molar-refractivity contribution in [2.75, 3.05) is 0 Å². The molecule has 154 valence electrons. The molecule has 0 aromatic rings. The van der Waals surface area contributed by atoms with Gasteiger partial charge in [0, 0.05) is 12.8 Å². The van der Waals surface area contributed by atoms with Gasteiger partial charge in [0.15, 0.2) is 0 Å². The lowest BCUT2D eigenvalue weighted by Gasteiger charge is -2.02. The van der Waals surface area contributed by atoms with Crippen molar-refractivity contribution in [2.45, 2.75) is 155 Å². The monoisotopic (exact) mass is 362 g/mol. The third-order valence-corrected chi connectivity index (χ3v) is 5.44. The second-order valence-corrected chi connectivity index (χ2v) is 8.22. The first-order valence-corrected chi connectivity index (χ1v) is 12.4. The molecular weight excluding hydrogens is 312 g/mol. The highest BCUT2D eigenvalue weighted by Gasteiger charge is 1.94. The van der Waals surface area contributed by atoms with E-state index in [0.29, 0.717) is 0 Å². The topological polar surface area (TPSA) is 0 Å². The Morgan fingerprint density at radius 2 is 0.538 bits per heavy atom. The van der Waals surface area contributed by atoms with Gasteiger partial charge in [-0.2, -0.15) is 0 Å². The first-order chi connectivity index (χ1) is 12.9. The summed E-state index contributed by atoms with van der Waals surface area (Å²) in [6.45, 7) is 4.58. The summed E-state index contributed by atoms with van der Waals surface area (Å²) in [5.41, 5.74) is 0. The average molecular weight is 363 g/mol. The molecule has 0 aliphatic heterocycles. The second kappa shape index (κ2) is 24.6. The third kappa shape index (κ3) is 23.6. The van der Waals surface area contributed by atoms with E-state index in [9.17, 15) is 0 Å². The van der Waals surface area contributed by atoms with Crippen molar-refractivity contribution in [3.63, 3.8) is 0 Å². The van der Waals surface area contributed by atoms with Gasteiger partial charge >= 0.3 is 0 Å². The second-order valence-electron chi connectivity index (χ2n) is 8.22. The highest BCUT2D eigenvalue weighted by Crippen LogP contribution is 2.13. The van der Waals surface area contributed by atoms with E-state index in [1.165, 1.54) is 128 Å². The zero-order valence-electron chi connectivity index (χ0n) is 18.6. The highest BCUT2D eigenvalue weighted by molar-refractivity contribution is 4.98. The smallest absolute Gasteiger partial charge is 0.00886 e. The molecule has 0 aliphatic carbocycles. The molecule has 0 amide bonds. The van der Waals surface area contributed by atoms with Gasteiger partial charge in [-0.3, -0.25) is 0 Å². The number of unbranched alkanes of at least 4 members (excludes halogenated alkanes) is 20. The van der Waals surface area contributed by atoms with Crippen molar-refractivity contribution in [1.82, 2.24) is 0 Å². The van der Waals surface area contributed by atoms with Crippen molar-refractivity contribution >= 4 is 0 Å². The number of hydrogen-bond acceptors (Lipinski definition) is 0. The van der Waals surface area contributed by atoms with E-state index in [4.69, 9.17) is 0 Å². The molecular formula is C26H50. The molecule has 26 heavy (non-hydrogen) atoms. The fourth-order valence-corrected chi connectivity index (χ4v) is 3.58. The van der Waals surface area contributed by atoms with Crippen molar-refractivity contribution in [2.24, 2.45) is 0 Å². The Kier molecular flexibility index (Phi) is 24.1. The molecule has 0 saturated heterocycles. The third-order valence-electron chi connectivity index (χ3n) is 5.44. The molecule has 0 unspecified atom stereocenters. The summed E-state index contributed by atoms with van der Waals surface area (Å²) in [5.74, 6) is 6.75. The minimum absolute atomic E-state index is 1.13. The van der Waals surface area contributed by atoms with Gasteiger partial charge in [0.05, 0.1) is 0 Å². The SMILES string of the molecule is CCCCCCCCC#CCCCCCCCCCCCCCCCC. The molecule has 0 rings (SSSR count). The fraction of sp³-hybridized carbons (Fsp3) is 0.923. The van der Waals surface area contributed by atoms with Crippen molar-refractivity contribution in [3.05, 3.63) is 0 Å². The van der Waals surface area contributed by atoms with Crippen LogP contribution in [0.5, 0.6) is 0 Å². The predicted molar refractivity (Wildman–Crippen MR) is 121 cm³/mol. The fourth-order valence-electron chi connectivity index (χ4n) is 3.58. The van der Waals surface area contributed by atoms with Gasteiger partial charge < -0.3 is 0 Å². The summed E-state index contributed by atoms with van der Waals surface area (Å²) in [7, 11) is 0. The van der Waals surface area contributed by atoms with E-state index in [0.717, 1.165) is 12.8 Å². The van der Waals surface area contributed by atoms with E-state index < -0.39 is 0 Å². The normalized spacial score (nSPS) is 10.7. The van der Waals surface area contributed by atoms with Crippen LogP contribution in [0.3, 0.4) is 0 Å². The van der Waals surface area contributed by atoms with Crippen LogP contribution >= 0.6 is 0 Å². The maximum absolute atomic E-state index is 3.38. The van der Waals surface area contributed by atoms with Crippen molar-refractivity contribution in [1.29, 1.82) is 0 Å². The van der Waals surface area contributed by atoms with Gasteiger partial charge in [-0.05, 0) is 12.8 Å². The van der Waals surface area contributed by atoms with Crippen molar-refractivity contribution in [3.8, 4) is 11.8 Å². The molecule has 0 radical (unpaired) electrons. The lowest BCUT2D eigenvalue weighted by molar-refractivity contribution is 0.536. The molecule has 0 spiro atoms. The molecule has 0 fully saturated rings. The van der Waals surface area contributed by atoms with Crippen LogP contribution in [0.4, 0.5) is 0 Å². The molecule has 0 saturated carbocycles. The maximum Gasteiger partial charge on any atom is 0.00886 e. The summed E-state index contributed by atoms with van der Waals surface area (Å²) in [6.07, 6.45) is 30.7. The Morgan fingerprint density at radius 1 is 0.308 bits per heavy atom. The Hall–Kier alpha value is -0.440. The summed E-state index contributed by atoms with van der Waals surface area (Å²) in [5, 5.41) is 0. The summed E-state index contributed by atoms with van der Waals surface area (Å²) >= 11 is 0. The summed E-state index contributed by atoms with van der Waals surface area (Å²) < 4.78 is 0. The van der Waals surface area contributed by atoms with Crippen LogP contribution in [-0.2, 0) is 0 Å². The highest BCUT2D eigenvalue weighted by atomic mass is 14.0. The molecule has 0 heterocycles. The van der Waals surface area contributed by atoms with Gasteiger partial charge in [-0.25, -0.2) is 0 Å². The first kappa shape index (κ1) is 25.6. The van der Waals surface area contributed by atoms with Crippen LogP contribution in [0.2, 0.25) is 0 Å². The van der Waals surface area contributed by atoms with Crippen LogP contribution in [-0.4, -0.2) is 0 Å². The molecule has 0 atom stereocenters. The number of rotatable bonds is 20. The van der Waals surface area contributed by atoms with Crippen LogP contribution in [0.15, 0.2) is 0 Å². The van der Waals surface area contributed by atoms with Crippen LogP contribution in [0.1, 0.15) is 155 Å². The van der Waals surface area contributed by atoms with E-state index >= 15 is 0 Å². The number of hydrogen-bond donors (Lipinski definition) is 0. The minimum Gasteiger partial charge on any atom is -0.103 e. The Morgan fingerprint density at radius 3 is 0.808 bits per heavy atom. The Labute approximate surface area is 167 Å². The van der Waals surface area contributed by atoms with Crippen LogP contribution in [0, 0.1) is 11.8 Å². The van der Waals surface area contributed by atoms with Gasteiger partial charge in [0.2, 0.25) is 0 Å². The minimum atomic E-state index is 1.13. The lowest BCUT2D eigenvalue weighted by atomic mass is 10.0. The van der Waals surface area contributed by atoms with E-state index in [-0.39, 0.29) is 0 Å². The maximum atomic E-state index is 3.38. The summed E-state index contributed by atoms with van der Waals surface area (Å²) in [6, 6.07) is 0. The summed E-state index contributed by atoms with van der Waals surface area (Å²) in [4.78, 5) is 0. The molecule has 0 aromatic carbocycles. The van der Waals surface area contributed by atoms with E-state index in [1.54, 1.807) is 0 Å². The lowest BCUT2D eigenvalue weighted by Crippen LogP contribution is -1.83. The zero-order chi connectivity index (χ0) is 19.0. The quantitative estimate of drug-likeness (QED) is 0.149. The van der Waals surface area contributed by atoms with Gasteiger partial charge in [0.1, 0.15) is 0 Å². The van der Waals surface area contributed by atoms with Gasteiger partial charge in [-0.1, -0.05) is 129 Å². The molecule has 0 N–H and O–H groups in total. The van der Waals surface area contributed by atoms with E-state index in [2.05, 4.69) is 25.7 Å². The zero-order valence-corrected chi connectivity index (χ0v) is 18.6. The molecule has 0 heteroatoms. The standard InChI is InChI=1S/C26H50/c1-3-5-7-9-11-13-15-17-19-21-23-25-26-24-22-20-18-16-14-12-10-8-6-4-2/h3-17,19,21-26H2,1-2H3. The van der Waals surface area contributed by atoms with Crippen LogP contribution < -0.4 is 0 Å². The largest absolute Gasteiger partial charge is 0.103 e. The molecule has 0 aromatic heterocycles. The van der Waals surface area contributed by atoms with Gasteiger partial charge in [0.25, 0.3) is 0 Å². The molecule has 0 bridgehead atoms. The first-order valence-electron chi connectivity index (χ1n) is 12.4. The Balaban J connectivity index is 3.06. The predicted octanol–water partition coefficient (Wildman–Crippen LogP) is 9.61. The van der Waals surface area contributed by atoms with Crippen molar-refractivity contribution < 1.29 is 0 Å². The van der Waals surface area contributed by atoms with E-state index in [1.807, 2.05) is 0 Å². The Bertz CT molecular complexity index is 293. The molecule has 0 aliphatic rings. The molecule has 0 nitrogen and oxygen atoms in total. The van der Waals surface area contributed by atoms with Gasteiger partial charge in [-0.15, -0.1) is 11.8 Å².